The van der Waals surface area contributed by atoms with Gasteiger partial charge in [0, 0.05) is 37.0 Å². The largest absolute Gasteiger partial charge is 0.339 e. The van der Waals surface area contributed by atoms with E-state index < -0.39 is 0 Å². The zero-order valence-corrected chi connectivity index (χ0v) is 18.7. The molecule has 2 saturated heterocycles. The van der Waals surface area contributed by atoms with Crippen LogP contribution in [0.15, 0.2) is 41.8 Å². The van der Waals surface area contributed by atoms with Gasteiger partial charge in [0.2, 0.25) is 11.8 Å². The van der Waals surface area contributed by atoms with E-state index in [1.54, 1.807) is 6.08 Å². The molecule has 2 aromatic rings. The van der Waals surface area contributed by atoms with Crippen LogP contribution in [-0.4, -0.2) is 52.8 Å². The Bertz CT molecular complexity index is 897. The van der Waals surface area contributed by atoms with Crippen LogP contribution in [0.25, 0.3) is 6.08 Å². The molecule has 164 valence electrons. The Morgan fingerprint density at radius 3 is 2.55 bits per heavy atom. The summed E-state index contributed by atoms with van der Waals surface area (Å²) in [5, 5.41) is 5.72. The number of anilines is 1. The van der Waals surface area contributed by atoms with Crippen LogP contribution in [0.2, 0.25) is 0 Å². The van der Waals surface area contributed by atoms with Crippen molar-refractivity contribution in [2.24, 2.45) is 5.92 Å². The van der Waals surface area contributed by atoms with Crippen molar-refractivity contribution >= 4 is 34.4 Å². The standard InChI is InChI=1S/C24H30N4O2S/c29-22(10-9-19-7-3-1-4-8-19)28-15-11-20(12-16-28)23(30)26-24-25-21(18-31-24)17-27-13-5-2-6-14-27/h1,3-4,7-10,18,20H,2,5-6,11-17H2,(H,25,26,30)/b10-9+. The molecule has 0 atom stereocenters. The molecule has 31 heavy (non-hydrogen) atoms. The third kappa shape index (κ3) is 6.24. The maximum Gasteiger partial charge on any atom is 0.246 e. The minimum Gasteiger partial charge on any atom is -0.339 e. The maximum absolute atomic E-state index is 12.7. The number of carbonyl (C=O) groups excluding carboxylic acids is 2. The first kappa shape index (κ1) is 21.7. The summed E-state index contributed by atoms with van der Waals surface area (Å²) in [5.41, 5.74) is 2.04. The number of nitrogens with zero attached hydrogens (tertiary/aromatic N) is 3. The van der Waals surface area contributed by atoms with Crippen molar-refractivity contribution in [3.05, 3.63) is 53.0 Å². The predicted molar refractivity (Wildman–Crippen MR) is 125 cm³/mol. The molecule has 7 heteroatoms. The van der Waals surface area contributed by atoms with Crippen molar-refractivity contribution in [1.29, 1.82) is 0 Å². The van der Waals surface area contributed by atoms with E-state index in [2.05, 4.69) is 15.2 Å². The fourth-order valence-corrected chi connectivity index (χ4v) is 4.89. The van der Waals surface area contributed by atoms with Gasteiger partial charge in [-0.25, -0.2) is 4.98 Å². The molecular weight excluding hydrogens is 408 g/mol. The number of likely N-dealkylation sites (tertiary alicyclic amines) is 2. The summed E-state index contributed by atoms with van der Waals surface area (Å²) in [6.07, 6.45) is 8.67. The number of thiazole rings is 1. The van der Waals surface area contributed by atoms with Crippen molar-refractivity contribution in [1.82, 2.24) is 14.8 Å². The Hall–Kier alpha value is -2.51. The second-order valence-electron chi connectivity index (χ2n) is 8.31. The molecule has 1 aromatic carbocycles. The molecule has 3 heterocycles. The summed E-state index contributed by atoms with van der Waals surface area (Å²) in [4.78, 5) is 34.0. The lowest BCUT2D eigenvalue weighted by atomic mass is 9.96. The molecule has 4 rings (SSSR count). The molecule has 0 radical (unpaired) electrons. The van der Waals surface area contributed by atoms with Gasteiger partial charge in [-0.05, 0) is 50.4 Å². The quantitative estimate of drug-likeness (QED) is 0.692. The number of nitrogens with one attached hydrogen (secondary N) is 1. The number of hydrogen-bond acceptors (Lipinski definition) is 5. The zero-order chi connectivity index (χ0) is 21.5. The lowest BCUT2D eigenvalue weighted by Crippen LogP contribution is -2.40. The molecule has 2 amide bonds. The number of piperidine rings is 2. The van der Waals surface area contributed by atoms with Gasteiger partial charge >= 0.3 is 0 Å². The van der Waals surface area contributed by atoms with Crippen LogP contribution in [0.1, 0.15) is 43.4 Å². The molecule has 1 aromatic heterocycles. The second-order valence-corrected chi connectivity index (χ2v) is 9.17. The van der Waals surface area contributed by atoms with Crippen LogP contribution in [0.4, 0.5) is 5.13 Å². The Morgan fingerprint density at radius 1 is 1.06 bits per heavy atom. The summed E-state index contributed by atoms with van der Waals surface area (Å²) in [6.45, 7) is 4.35. The molecule has 0 unspecified atom stereocenters. The average Bonchev–Trinajstić information content (AvgIpc) is 3.25. The number of hydrogen-bond donors (Lipinski definition) is 1. The van der Waals surface area contributed by atoms with Crippen molar-refractivity contribution in [2.45, 2.75) is 38.6 Å². The molecule has 0 aliphatic carbocycles. The van der Waals surface area contributed by atoms with Gasteiger partial charge < -0.3 is 10.2 Å². The first-order valence-electron chi connectivity index (χ1n) is 11.2. The highest BCUT2D eigenvalue weighted by atomic mass is 32.1. The van der Waals surface area contributed by atoms with Gasteiger partial charge in [-0.15, -0.1) is 11.3 Å². The third-order valence-corrected chi connectivity index (χ3v) is 6.82. The van der Waals surface area contributed by atoms with Gasteiger partial charge in [0.1, 0.15) is 0 Å². The van der Waals surface area contributed by atoms with Crippen LogP contribution >= 0.6 is 11.3 Å². The van der Waals surface area contributed by atoms with E-state index in [1.807, 2.05) is 46.7 Å². The summed E-state index contributed by atoms with van der Waals surface area (Å²) in [6, 6.07) is 9.80. The highest BCUT2D eigenvalue weighted by molar-refractivity contribution is 7.13. The Balaban J connectivity index is 1.22. The van der Waals surface area contributed by atoms with E-state index in [0.29, 0.717) is 31.1 Å². The van der Waals surface area contributed by atoms with Crippen molar-refractivity contribution in [3.63, 3.8) is 0 Å². The number of carbonyl (C=O) groups is 2. The Labute approximate surface area is 188 Å². The minimum atomic E-state index is -0.0726. The predicted octanol–water partition coefficient (Wildman–Crippen LogP) is 4.02. The highest BCUT2D eigenvalue weighted by Gasteiger charge is 2.27. The van der Waals surface area contributed by atoms with Gasteiger partial charge in [-0.1, -0.05) is 36.8 Å². The average molecular weight is 439 g/mol. The van der Waals surface area contributed by atoms with Gasteiger partial charge in [0.05, 0.1) is 5.69 Å². The van der Waals surface area contributed by atoms with E-state index in [-0.39, 0.29) is 17.7 Å². The van der Waals surface area contributed by atoms with E-state index in [4.69, 9.17) is 0 Å². The molecular formula is C24H30N4O2S. The number of amides is 2. The molecule has 0 spiro atoms. The lowest BCUT2D eigenvalue weighted by molar-refractivity contribution is -0.130. The number of aromatic nitrogens is 1. The van der Waals surface area contributed by atoms with Crippen LogP contribution in [-0.2, 0) is 16.1 Å². The molecule has 2 fully saturated rings. The fourth-order valence-electron chi connectivity index (χ4n) is 4.19. The summed E-state index contributed by atoms with van der Waals surface area (Å²) in [7, 11) is 0. The summed E-state index contributed by atoms with van der Waals surface area (Å²) >= 11 is 1.50. The third-order valence-electron chi connectivity index (χ3n) is 6.01. The number of rotatable bonds is 6. The van der Waals surface area contributed by atoms with Gasteiger partial charge in [0.15, 0.2) is 5.13 Å². The second kappa shape index (κ2) is 10.7. The topological polar surface area (TPSA) is 65.5 Å². The van der Waals surface area contributed by atoms with Gasteiger partial charge in [-0.2, -0.15) is 0 Å². The van der Waals surface area contributed by atoms with Crippen LogP contribution in [0.3, 0.4) is 0 Å². The van der Waals surface area contributed by atoms with Crippen molar-refractivity contribution in [3.8, 4) is 0 Å². The zero-order valence-electron chi connectivity index (χ0n) is 17.8. The molecule has 6 nitrogen and oxygen atoms in total. The molecule has 2 aliphatic heterocycles. The molecule has 0 saturated carbocycles. The number of benzene rings is 1. The van der Waals surface area contributed by atoms with Crippen LogP contribution < -0.4 is 5.32 Å². The highest BCUT2D eigenvalue weighted by Crippen LogP contribution is 2.23. The summed E-state index contributed by atoms with van der Waals surface area (Å²) in [5.74, 6) is -0.0487. The maximum atomic E-state index is 12.7. The van der Waals surface area contributed by atoms with Crippen molar-refractivity contribution < 1.29 is 9.59 Å². The van der Waals surface area contributed by atoms with E-state index in [0.717, 1.165) is 30.9 Å². The van der Waals surface area contributed by atoms with Gasteiger partial charge in [-0.3, -0.25) is 14.5 Å². The van der Waals surface area contributed by atoms with Crippen LogP contribution in [0.5, 0.6) is 0 Å². The Kier molecular flexibility index (Phi) is 7.48. The SMILES string of the molecule is O=C(Nc1nc(CN2CCCCC2)cs1)C1CCN(C(=O)/C=C/c2ccccc2)CC1. The van der Waals surface area contributed by atoms with E-state index in [9.17, 15) is 9.59 Å². The first-order chi connectivity index (χ1) is 15.2. The fraction of sp³-hybridized carbons (Fsp3) is 0.458. The van der Waals surface area contributed by atoms with Crippen molar-refractivity contribution in [2.75, 3.05) is 31.5 Å². The van der Waals surface area contributed by atoms with Gasteiger partial charge in [0.25, 0.3) is 0 Å². The summed E-state index contributed by atoms with van der Waals surface area (Å²) < 4.78 is 0. The smallest absolute Gasteiger partial charge is 0.246 e. The molecule has 0 bridgehead atoms. The minimum absolute atomic E-state index is 0.00462. The molecule has 1 N–H and O–H groups in total. The Morgan fingerprint density at radius 2 is 1.81 bits per heavy atom. The molecule has 2 aliphatic rings. The first-order valence-corrected chi connectivity index (χ1v) is 12.0. The van der Waals surface area contributed by atoms with E-state index >= 15 is 0 Å². The van der Waals surface area contributed by atoms with E-state index in [1.165, 1.54) is 30.6 Å². The lowest BCUT2D eigenvalue weighted by Gasteiger charge is -2.30. The normalized spacial score (nSPS) is 18.4. The monoisotopic (exact) mass is 438 g/mol. The van der Waals surface area contributed by atoms with Crippen LogP contribution in [0, 0.1) is 5.92 Å².